The number of rotatable bonds is 14. The third-order valence-electron chi connectivity index (χ3n) is 9.32. The molecule has 1 fully saturated rings. The number of halogens is 1. The van der Waals surface area contributed by atoms with E-state index in [0.29, 0.717) is 26.2 Å². The molecule has 0 aromatic rings. The van der Waals surface area contributed by atoms with E-state index in [4.69, 9.17) is 39.7 Å². The largest absolute Gasteiger partial charge is 0.379 e. The van der Waals surface area contributed by atoms with Gasteiger partial charge in [-0.3, -0.25) is 0 Å². The minimum absolute atomic E-state index is 0.0277. The standard InChI is InChI=1S/C34H65B2IO5/c1-6-22-32(35)23-20-18-16-14-12-10-9-11-13-15-17-19-21-24-33(37,7-2)28-34(36,27-32)31(4,5)42-41-30-40-29-39-26-25-38-8-3/h6-30H2,1-5H3. The number of hydrogen-bond donors (Lipinski definition) is 0. The van der Waals surface area contributed by atoms with Crippen molar-refractivity contribution in [2.24, 2.45) is 0 Å². The summed E-state index contributed by atoms with van der Waals surface area (Å²) in [6, 6.07) is 0. The average molecular weight is 702 g/mol. The van der Waals surface area contributed by atoms with Crippen LogP contribution in [-0.4, -0.2) is 58.1 Å². The van der Waals surface area contributed by atoms with Gasteiger partial charge in [-0.2, -0.15) is 0 Å². The van der Waals surface area contributed by atoms with Crippen molar-refractivity contribution in [3.8, 4) is 0 Å². The van der Waals surface area contributed by atoms with E-state index in [0.717, 1.165) is 44.9 Å². The highest BCUT2D eigenvalue weighted by Gasteiger charge is 2.49. The molecule has 3 unspecified atom stereocenters. The third kappa shape index (κ3) is 17.4. The molecule has 8 heteroatoms. The van der Waals surface area contributed by atoms with Gasteiger partial charge in [-0.25, -0.2) is 9.78 Å². The summed E-state index contributed by atoms with van der Waals surface area (Å²) in [6.45, 7) is 12.4. The van der Waals surface area contributed by atoms with E-state index >= 15 is 0 Å². The molecule has 0 heterocycles. The van der Waals surface area contributed by atoms with Crippen LogP contribution >= 0.6 is 22.6 Å². The molecule has 0 aromatic heterocycles. The highest BCUT2D eigenvalue weighted by atomic mass is 127. The molecule has 0 bridgehead atoms. The zero-order chi connectivity index (χ0) is 31.2. The fraction of sp³-hybridized carbons (Fsp3) is 1.00. The molecule has 0 amide bonds. The second kappa shape index (κ2) is 23.1. The quantitative estimate of drug-likeness (QED) is 0.0343. The maximum absolute atomic E-state index is 7.52. The lowest BCUT2D eigenvalue weighted by atomic mass is 9.45. The van der Waals surface area contributed by atoms with Gasteiger partial charge in [0.1, 0.15) is 6.79 Å². The van der Waals surface area contributed by atoms with Crippen molar-refractivity contribution < 1.29 is 24.0 Å². The smallest absolute Gasteiger partial charge is 0.183 e. The van der Waals surface area contributed by atoms with Crippen molar-refractivity contribution in [2.75, 3.05) is 33.4 Å². The summed E-state index contributed by atoms with van der Waals surface area (Å²) in [5, 5.41) is -1.01. The van der Waals surface area contributed by atoms with Gasteiger partial charge in [-0.15, -0.1) is 0 Å². The number of alkyl halides is 1. The summed E-state index contributed by atoms with van der Waals surface area (Å²) in [7, 11) is 14.8. The topological polar surface area (TPSA) is 46.2 Å². The van der Waals surface area contributed by atoms with Crippen LogP contribution in [0.4, 0.5) is 0 Å². The first-order chi connectivity index (χ1) is 20.1. The van der Waals surface area contributed by atoms with Crippen LogP contribution in [0.2, 0.25) is 10.6 Å². The van der Waals surface area contributed by atoms with Crippen LogP contribution in [0.3, 0.4) is 0 Å². The van der Waals surface area contributed by atoms with E-state index in [1.807, 2.05) is 6.92 Å². The van der Waals surface area contributed by atoms with Crippen LogP contribution in [0.5, 0.6) is 0 Å². The molecule has 1 rings (SSSR count). The van der Waals surface area contributed by atoms with E-state index in [1.54, 1.807) is 0 Å². The molecule has 0 saturated heterocycles. The number of hydrogen-bond acceptors (Lipinski definition) is 5. The Morgan fingerprint density at radius 2 is 1.19 bits per heavy atom. The fourth-order valence-corrected chi connectivity index (χ4v) is 7.50. The zero-order valence-corrected chi connectivity index (χ0v) is 30.4. The van der Waals surface area contributed by atoms with Crippen molar-refractivity contribution in [2.45, 2.75) is 183 Å². The van der Waals surface area contributed by atoms with Gasteiger partial charge in [0.05, 0.1) is 34.5 Å². The molecule has 0 N–H and O–H groups in total. The Morgan fingerprint density at radius 1 is 0.667 bits per heavy atom. The van der Waals surface area contributed by atoms with E-state index in [1.165, 1.54) is 77.0 Å². The summed E-state index contributed by atoms with van der Waals surface area (Å²) in [6.07, 6.45) is 24.0. The lowest BCUT2D eigenvalue weighted by molar-refractivity contribution is -0.397. The third-order valence-corrected chi connectivity index (χ3v) is 11.0. The summed E-state index contributed by atoms with van der Waals surface area (Å²) in [5.74, 6) is 0. The van der Waals surface area contributed by atoms with Gasteiger partial charge < -0.3 is 14.2 Å². The van der Waals surface area contributed by atoms with Crippen LogP contribution in [0, 0.1) is 0 Å². The molecule has 42 heavy (non-hydrogen) atoms. The highest BCUT2D eigenvalue weighted by Crippen LogP contribution is 2.59. The van der Waals surface area contributed by atoms with Gasteiger partial charge in [0, 0.05) is 10.0 Å². The highest BCUT2D eigenvalue weighted by molar-refractivity contribution is 14.1. The zero-order valence-electron chi connectivity index (χ0n) is 28.3. The van der Waals surface area contributed by atoms with Crippen molar-refractivity contribution in [1.29, 1.82) is 0 Å². The van der Waals surface area contributed by atoms with Gasteiger partial charge in [-0.1, -0.05) is 151 Å². The molecule has 5 nitrogen and oxygen atoms in total. The minimum atomic E-state index is -0.771. The van der Waals surface area contributed by atoms with Crippen LogP contribution in [0.15, 0.2) is 0 Å². The normalized spacial score (nSPS) is 28.8. The van der Waals surface area contributed by atoms with Crippen LogP contribution in [0.25, 0.3) is 0 Å². The maximum Gasteiger partial charge on any atom is 0.183 e. The molecule has 3 atom stereocenters. The summed E-state index contributed by atoms with van der Waals surface area (Å²) in [4.78, 5) is 11.7. The van der Waals surface area contributed by atoms with Crippen molar-refractivity contribution in [3.05, 3.63) is 0 Å². The molecule has 1 aliphatic rings. The Balaban J connectivity index is 3.01. The molecule has 244 valence electrons. The predicted octanol–water partition coefficient (Wildman–Crippen LogP) is 10.4. The van der Waals surface area contributed by atoms with Crippen LogP contribution < -0.4 is 0 Å². The molecule has 1 aliphatic carbocycles. The monoisotopic (exact) mass is 702 g/mol. The van der Waals surface area contributed by atoms with Crippen molar-refractivity contribution in [3.63, 3.8) is 0 Å². The first-order valence-electron chi connectivity index (χ1n) is 17.4. The average Bonchev–Trinajstić information content (AvgIpc) is 2.93. The molecule has 0 aromatic carbocycles. The summed E-state index contributed by atoms with van der Waals surface area (Å²) in [5.41, 5.74) is -0.771. The predicted molar refractivity (Wildman–Crippen MR) is 187 cm³/mol. The van der Waals surface area contributed by atoms with Crippen molar-refractivity contribution in [1.82, 2.24) is 0 Å². The second-order valence-corrected chi connectivity index (χ2v) is 15.8. The van der Waals surface area contributed by atoms with Crippen molar-refractivity contribution >= 4 is 38.3 Å². The Labute approximate surface area is 277 Å². The van der Waals surface area contributed by atoms with Gasteiger partial charge in [0.25, 0.3) is 0 Å². The molecule has 0 spiro atoms. The minimum Gasteiger partial charge on any atom is -0.379 e. The van der Waals surface area contributed by atoms with E-state index < -0.39 is 10.9 Å². The van der Waals surface area contributed by atoms with E-state index in [-0.39, 0.29) is 22.3 Å². The van der Waals surface area contributed by atoms with Crippen LogP contribution in [-0.2, 0) is 24.0 Å². The van der Waals surface area contributed by atoms with E-state index in [2.05, 4.69) is 50.3 Å². The van der Waals surface area contributed by atoms with Gasteiger partial charge in [-0.05, 0) is 45.3 Å². The fourth-order valence-electron chi connectivity index (χ4n) is 6.44. The number of ether oxygens (including phenoxy) is 3. The molecule has 1 saturated carbocycles. The first-order valence-corrected chi connectivity index (χ1v) is 18.4. The Hall–Kier alpha value is 0.660. The maximum atomic E-state index is 7.52. The summed E-state index contributed by atoms with van der Waals surface area (Å²) >= 11 is 2.70. The van der Waals surface area contributed by atoms with Gasteiger partial charge in [0.2, 0.25) is 0 Å². The lowest BCUT2D eigenvalue weighted by Crippen LogP contribution is -2.46. The Bertz CT molecular complexity index is 657. The molecular weight excluding hydrogens is 637 g/mol. The Kier molecular flexibility index (Phi) is 22.3. The van der Waals surface area contributed by atoms with Gasteiger partial charge in [0.15, 0.2) is 6.79 Å². The van der Waals surface area contributed by atoms with E-state index in [9.17, 15) is 0 Å². The lowest BCUT2D eigenvalue weighted by Gasteiger charge is -2.52. The van der Waals surface area contributed by atoms with Crippen LogP contribution in [0.1, 0.15) is 163 Å². The molecular formula is C34H65B2IO5. The molecule has 0 aliphatic heterocycles. The second-order valence-electron chi connectivity index (χ2n) is 13.5. The SMILES string of the molecule is [B]C1(CCC)CCCCCCCCCCCCCCCC(I)(CC)CC([B])(C(C)(C)OOCOCOCCOCC)C1. The Morgan fingerprint density at radius 3 is 1.71 bits per heavy atom. The van der Waals surface area contributed by atoms with Gasteiger partial charge >= 0.3 is 0 Å². The summed E-state index contributed by atoms with van der Waals surface area (Å²) < 4.78 is 16.2. The molecule has 4 radical (unpaired) electrons. The first kappa shape index (κ1) is 40.7.